The van der Waals surface area contributed by atoms with Gasteiger partial charge < -0.3 is 0 Å². The summed E-state index contributed by atoms with van der Waals surface area (Å²) < 4.78 is 2.96. The van der Waals surface area contributed by atoms with Crippen LogP contribution in [0.1, 0.15) is 13.8 Å². The summed E-state index contributed by atoms with van der Waals surface area (Å²) in [5.74, 6) is 0. The van der Waals surface area contributed by atoms with Crippen molar-refractivity contribution >= 4 is 69.5 Å². The Bertz CT molecular complexity index is 671. The standard InChI is InChI=1S/C12H8N2.2C2H5.2HI.Sn/c1-3-9-5-6-10-4-2-8-14-12(10)11(9)13-7-1;2*1-2;;;/h1-8H;2*1H2,2H3;2*1H;/q;;;;;+2/p-2. The van der Waals surface area contributed by atoms with Gasteiger partial charge in [-0.2, -0.15) is 0 Å². The maximum Gasteiger partial charge on any atom is 0.0964 e. The summed E-state index contributed by atoms with van der Waals surface area (Å²) in [5, 5.41) is 2.28. The summed E-state index contributed by atoms with van der Waals surface area (Å²) >= 11 is 5.40. The van der Waals surface area contributed by atoms with Crippen LogP contribution in [0.15, 0.2) is 48.8 Å². The molecule has 2 nitrogen and oxygen atoms in total. The number of rotatable bonds is 2. The van der Waals surface area contributed by atoms with Crippen LogP contribution in [0.25, 0.3) is 21.8 Å². The molecule has 0 bridgehead atoms. The molecule has 0 amide bonds. The first-order chi connectivity index (χ1) is 10.1. The van der Waals surface area contributed by atoms with Crippen LogP contribution in [0.5, 0.6) is 0 Å². The maximum atomic E-state index is 4.35. The van der Waals surface area contributed by atoms with Gasteiger partial charge in [0, 0.05) is 23.2 Å². The second-order valence-corrected chi connectivity index (χ2v) is 55.3. The molecule has 0 aliphatic heterocycles. The van der Waals surface area contributed by atoms with Crippen molar-refractivity contribution < 1.29 is 0 Å². The molecule has 0 aliphatic rings. The summed E-state index contributed by atoms with van der Waals surface area (Å²) in [4.78, 5) is 8.69. The van der Waals surface area contributed by atoms with Crippen LogP contribution in [0.4, 0.5) is 0 Å². The number of fused-ring (bicyclic) bond motifs is 3. The molecule has 2 aromatic heterocycles. The fraction of sp³-hybridized carbons (Fsp3) is 0.250. The monoisotopic (exact) mass is 612 g/mol. The number of aromatic nitrogens is 2. The predicted molar refractivity (Wildman–Crippen MR) is 112 cm³/mol. The molecule has 0 fully saturated rings. The molecular formula is C16H18I2N2Sn. The van der Waals surface area contributed by atoms with Gasteiger partial charge in [0.1, 0.15) is 0 Å². The molecule has 0 aliphatic carbocycles. The average molecular weight is 611 g/mol. The number of nitrogens with zero attached hydrogens (tertiary/aromatic N) is 2. The molecule has 0 atom stereocenters. The molecule has 110 valence electrons. The van der Waals surface area contributed by atoms with Crippen LogP contribution in [0, 0.1) is 0 Å². The minimum atomic E-state index is -1.34. The number of benzene rings is 1. The maximum absolute atomic E-state index is 4.35. The van der Waals surface area contributed by atoms with Crippen LogP contribution in [-0.2, 0) is 0 Å². The summed E-state index contributed by atoms with van der Waals surface area (Å²) in [5.41, 5.74) is 1.95. The van der Waals surface area contributed by atoms with E-state index in [2.05, 4.69) is 85.3 Å². The Morgan fingerprint density at radius 3 is 1.57 bits per heavy atom. The Morgan fingerprint density at radius 1 is 0.810 bits per heavy atom. The molecule has 21 heavy (non-hydrogen) atoms. The average Bonchev–Trinajstić information content (AvgIpc) is 2.55. The van der Waals surface area contributed by atoms with Gasteiger partial charge >= 0.3 is 70.4 Å². The van der Waals surface area contributed by atoms with Crippen LogP contribution in [0.2, 0.25) is 8.87 Å². The molecule has 0 saturated carbocycles. The summed E-state index contributed by atoms with van der Waals surface area (Å²) in [7, 11) is -1.34. The molecule has 3 aromatic rings. The Kier molecular flexibility index (Phi) is 6.92. The van der Waals surface area contributed by atoms with E-state index in [4.69, 9.17) is 0 Å². The van der Waals surface area contributed by atoms with E-state index in [0.29, 0.717) is 0 Å². The van der Waals surface area contributed by atoms with Crippen molar-refractivity contribution in [2.24, 2.45) is 0 Å². The predicted octanol–water partition coefficient (Wildman–Crippen LogP) is 6.12. The first-order valence-corrected chi connectivity index (χ1v) is 27.7. The van der Waals surface area contributed by atoms with Crippen LogP contribution in [0.3, 0.4) is 0 Å². The fourth-order valence-electron chi connectivity index (χ4n) is 1.93. The molecule has 0 radical (unpaired) electrons. The Balaban J connectivity index is 0.000000199. The van der Waals surface area contributed by atoms with Crippen molar-refractivity contribution in [1.29, 1.82) is 0 Å². The molecule has 0 spiro atoms. The smallest absolute Gasteiger partial charge is 0.0964 e. The van der Waals surface area contributed by atoms with Gasteiger partial charge in [-0.05, 0) is 12.1 Å². The van der Waals surface area contributed by atoms with Crippen molar-refractivity contribution in [2.75, 3.05) is 0 Å². The first-order valence-electron chi connectivity index (χ1n) is 7.03. The largest absolute Gasteiger partial charge is 0.254 e. The van der Waals surface area contributed by atoms with Crippen molar-refractivity contribution in [3.8, 4) is 0 Å². The number of pyridine rings is 2. The molecule has 5 heteroatoms. The van der Waals surface area contributed by atoms with E-state index in [1.165, 1.54) is 8.87 Å². The topological polar surface area (TPSA) is 25.8 Å². The molecule has 3 rings (SSSR count). The van der Waals surface area contributed by atoms with Gasteiger partial charge in [-0.15, -0.1) is 0 Å². The van der Waals surface area contributed by atoms with E-state index in [-0.39, 0.29) is 0 Å². The molecule has 0 saturated heterocycles. The minimum absolute atomic E-state index is 0.977. The molecule has 0 unspecified atom stereocenters. The van der Waals surface area contributed by atoms with Gasteiger partial charge in [0.15, 0.2) is 0 Å². The van der Waals surface area contributed by atoms with E-state index in [1.54, 1.807) is 12.4 Å². The van der Waals surface area contributed by atoms with Crippen molar-refractivity contribution in [3.63, 3.8) is 0 Å². The Hall–Kier alpha value is 0.299. The van der Waals surface area contributed by atoms with Gasteiger partial charge in [0.25, 0.3) is 0 Å². The third kappa shape index (κ3) is 4.89. The van der Waals surface area contributed by atoms with Crippen molar-refractivity contribution in [2.45, 2.75) is 22.7 Å². The minimum Gasteiger partial charge on any atom is -0.254 e. The van der Waals surface area contributed by atoms with E-state index in [1.807, 2.05) is 12.1 Å². The van der Waals surface area contributed by atoms with E-state index < -0.39 is 10.4 Å². The van der Waals surface area contributed by atoms with Gasteiger partial charge in [0.2, 0.25) is 0 Å². The second-order valence-electron chi connectivity index (χ2n) is 4.78. The molecule has 2 heterocycles. The molecule has 0 N–H and O–H groups in total. The fourth-order valence-corrected chi connectivity index (χ4v) is 3.36. The van der Waals surface area contributed by atoms with Crippen LogP contribution < -0.4 is 0 Å². The van der Waals surface area contributed by atoms with E-state index in [0.717, 1.165) is 21.8 Å². The van der Waals surface area contributed by atoms with Crippen molar-refractivity contribution in [3.05, 3.63) is 48.8 Å². The third-order valence-corrected chi connectivity index (χ3v) is 29.8. The summed E-state index contributed by atoms with van der Waals surface area (Å²) in [6.45, 7) is 4.64. The number of hydrogen-bond donors (Lipinski definition) is 0. The molecule has 1 aromatic carbocycles. The third-order valence-electron chi connectivity index (χ3n) is 3.38. The Morgan fingerprint density at radius 2 is 1.24 bits per heavy atom. The van der Waals surface area contributed by atoms with Crippen LogP contribution in [-0.4, -0.2) is 20.4 Å². The Labute approximate surface area is 149 Å². The second kappa shape index (κ2) is 8.24. The summed E-state index contributed by atoms with van der Waals surface area (Å²) in [6.07, 6.45) is 3.60. The SMILES string of the molecule is C[CH2][Sn]([I])([I])[CH2]C.c1cnc2c(c1)ccc1cccnc12. The quantitative estimate of drug-likeness (QED) is 0.199. The van der Waals surface area contributed by atoms with Gasteiger partial charge in [-0.3, -0.25) is 9.97 Å². The summed E-state index contributed by atoms with van der Waals surface area (Å²) in [6, 6.07) is 12.1. The van der Waals surface area contributed by atoms with Gasteiger partial charge in [-0.25, -0.2) is 0 Å². The van der Waals surface area contributed by atoms with Gasteiger partial charge in [0.05, 0.1) is 11.0 Å². The zero-order valence-corrected chi connectivity index (χ0v) is 19.4. The van der Waals surface area contributed by atoms with Crippen molar-refractivity contribution in [1.82, 2.24) is 9.97 Å². The zero-order valence-electron chi connectivity index (χ0n) is 12.2. The number of halogens is 2. The zero-order chi connectivity index (χ0) is 15.3. The number of hydrogen-bond acceptors (Lipinski definition) is 2. The first kappa shape index (κ1) is 17.6. The molecular weight excluding hydrogens is 593 g/mol. The van der Waals surface area contributed by atoms with E-state index in [9.17, 15) is 0 Å². The normalized spacial score (nSPS) is 11.2. The van der Waals surface area contributed by atoms with Crippen LogP contribution >= 0.6 is 37.3 Å². The van der Waals surface area contributed by atoms with Gasteiger partial charge in [-0.1, -0.05) is 24.3 Å². The van der Waals surface area contributed by atoms with E-state index >= 15 is 0 Å².